The molecule has 1 aliphatic rings. The highest BCUT2D eigenvalue weighted by Gasteiger charge is 2.16. The number of benzene rings is 1. The molecule has 1 aromatic rings. The Labute approximate surface area is 116 Å². The summed E-state index contributed by atoms with van der Waals surface area (Å²) in [5, 5.41) is 3.50. The van der Waals surface area contributed by atoms with Gasteiger partial charge in [-0.2, -0.15) is 0 Å². The van der Waals surface area contributed by atoms with Crippen LogP contribution in [-0.2, 0) is 0 Å². The Morgan fingerprint density at radius 1 is 1.44 bits per heavy atom. The van der Waals surface area contributed by atoms with Gasteiger partial charge in [0.2, 0.25) is 0 Å². The number of hydrogen-bond donors (Lipinski definition) is 1. The highest BCUT2D eigenvalue weighted by molar-refractivity contribution is 9.10. The van der Waals surface area contributed by atoms with Gasteiger partial charge in [-0.25, -0.2) is 4.39 Å². The van der Waals surface area contributed by atoms with Crippen molar-refractivity contribution < 1.29 is 9.13 Å². The molecule has 1 saturated carbocycles. The minimum absolute atomic E-state index is 0.0312. The van der Waals surface area contributed by atoms with Crippen LogP contribution in [-0.4, -0.2) is 18.7 Å². The smallest absolute Gasteiger partial charge is 0.136 e. The molecular weight excluding hydrogens is 297 g/mol. The molecular formula is C14H19BrFNO. The van der Waals surface area contributed by atoms with Gasteiger partial charge in [0, 0.05) is 18.7 Å². The highest BCUT2D eigenvalue weighted by Crippen LogP contribution is 2.26. The van der Waals surface area contributed by atoms with E-state index < -0.39 is 0 Å². The lowest BCUT2D eigenvalue weighted by Crippen LogP contribution is -2.35. The van der Waals surface area contributed by atoms with Crippen LogP contribution >= 0.6 is 15.9 Å². The van der Waals surface area contributed by atoms with E-state index >= 15 is 0 Å². The van der Waals surface area contributed by atoms with E-state index in [9.17, 15) is 4.39 Å². The van der Waals surface area contributed by atoms with Crippen LogP contribution in [0.1, 0.15) is 32.6 Å². The molecule has 1 atom stereocenters. The van der Waals surface area contributed by atoms with Gasteiger partial charge in [0.25, 0.3) is 0 Å². The molecule has 1 N–H and O–H groups in total. The Hall–Kier alpha value is -0.610. The van der Waals surface area contributed by atoms with E-state index in [4.69, 9.17) is 4.74 Å². The summed E-state index contributed by atoms with van der Waals surface area (Å²) >= 11 is 3.36. The zero-order chi connectivity index (χ0) is 13.0. The van der Waals surface area contributed by atoms with Crippen molar-refractivity contribution >= 4 is 15.9 Å². The second-order valence-electron chi connectivity index (χ2n) is 4.89. The van der Waals surface area contributed by atoms with E-state index in [1.807, 2.05) is 6.92 Å². The second-order valence-corrected chi connectivity index (χ2v) is 5.75. The Morgan fingerprint density at radius 3 is 2.89 bits per heavy atom. The van der Waals surface area contributed by atoms with Gasteiger partial charge in [0.1, 0.15) is 17.7 Å². The number of rotatable bonds is 5. The SMILES string of the molecule is CC(CNC1CCCC1)Oc1cc(F)ccc1Br. The molecule has 2 rings (SSSR count). The standard InChI is InChI=1S/C14H19BrFNO/c1-10(9-17-12-4-2-3-5-12)18-14-8-11(16)6-7-13(14)15/h6-8,10,12,17H,2-5,9H2,1H3. The van der Waals surface area contributed by atoms with Crippen LogP contribution in [0.15, 0.2) is 22.7 Å². The molecule has 1 aliphatic carbocycles. The van der Waals surface area contributed by atoms with Crippen molar-refractivity contribution in [3.05, 3.63) is 28.5 Å². The molecule has 0 amide bonds. The Kier molecular flexibility index (Phi) is 5.01. The molecule has 0 aliphatic heterocycles. The third kappa shape index (κ3) is 3.95. The first-order valence-electron chi connectivity index (χ1n) is 6.50. The van der Waals surface area contributed by atoms with E-state index in [1.165, 1.54) is 37.8 Å². The lowest BCUT2D eigenvalue weighted by Gasteiger charge is -2.19. The molecule has 18 heavy (non-hydrogen) atoms. The van der Waals surface area contributed by atoms with Crippen LogP contribution in [0.25, 0.3) is 0 Å². The van der Waals surface area contributed by atoms with Crippen molar-refractivity contribution in [1.82, 2.24) is 5.32 Å². The summed E-state index contributed by atoms with van der Waals surface area (Å²) in [6.07, 6.45) is 5.20. The number of hydrogen-bond acceptors (Lipinski definition) is 2. The predicted octanol–water partition coefficient (Wildman–Crippen LogP) is 3.89. The predicted molar refractivity (Wildman–Crippen MR) is 74.4 cm³/mol. The first-order chi connectivity index (χ1) is 8.65. The maximum atomic E-state index is 13.1. The fourth-order valence-electron chi connectivity index (χ4n) is 2.29. The van der Waals surface area contributed by atoms with Gasteiger partial charge in [-0.1, -0.05) is 12.8 Å². The summed E-state index contributed by atoms with van der Waals surface area (Å²) in [6.45, 7) is 2.80. The lowest BCUT2D eigenvalue weighted by atomic mass is 10.2. The van der Waals surface area contributed by atoms with E-state index in [0.29, 0.717) is 11.8 Å². The average Bonchev–Trinajstić information content (AvgIpc) is 2.84. The fraction of sp³-hybridized carbons (Fsp3) is 0.571. The summed E-state index contributed by atoms with van der Waals surface area (Å²) in [5.41, 5.74) is 0. The first kappa shape index (κ1) is 13.8. The van der Waals surface area contributed by atoms with Crippen LogP contribution in [0.5, 0.6) is 5.75 Å². The van der Waals surface area contributed by atoms with Gasteiger partial charge >= 0.3 is 0 Å². The summed E-state index contributed by atoms with van der Waals surface area (Å²) in [4.78, 5) is 0. The van der Waals surface area contributed by atoms with Crippen molar-refractivity contribution in [3.63, 3.8) is 0 Å². The summed E-state index contributed by atoms with van der Waals surface area (Å²) in [7, 11) is 0. The topological polar surface area (TPSA) is 21.3 Å². The number of ether oxygens (including phenoxy) is 1. The highest BCUT2D eigenvalue weighted by atomic mass is 79.9. The largest absolute Gasteiger partial charge is 0.488 e. The molecule has 0 bridgehead atoms. The molecule has 100 valence electrons. The maximum Gasteiger partial charge on any atom is 0.136 e. The van der Waals surface area contributed by atoms with Gasteiger partial charge in [0.15, 0.2) is 0 Å². The van der Waals surface area contributed by atoms with Crippen LogP contribution in [0.2, 0.25) is 0 Å². The minimum atomic E-state index is -0.274. The molecule has 2 nitrogen and oxygen atoms in total. The number of nitrogens with one attached hydrogen (secondary N) is 1. The van der Waals surface area contributed by atoms with Crippen molar-refractivity contribution in [1.29, 1.82) is 0 Å². The van der Waals surface area contributed by atoms with Crippen molar-refractivity contribution in [2.45, 2.75) is 44.8 Å². The van der Waals surface area contributed by atoms with Crippen LogP contribution in [0, 0.1) is 5.82 Å². The van der Waals surface area contributed by atoms with Crippen molar-refractivity contribution in [2.24, 2.45) is 0 Å². The van der Waals surface area contributed by atoms with Crippen molar-refractivity contribution in [3.8, 4) is 5.75 Å². The van der Waals surface area contributed by atoms with Gasteiger partial charge in [0.05, 0.1) is 4.47 Å². The zero-order valence-corrected chi connectivity index (χ0v) is 12.2. The Bertz CT molecular complexity index is 393. The summed E-state index contributed by atoms with van der Waals surface area (Å²) < 4.78 is 19.6. The summed E-state index contributed by atoms with van der Waals surface area (Å²) in [5.74, 6) is 0.292. The average molecular weight is 316 g/mol. The van der Waals surface area contributed by atoms with Gasteiger partial charge in [-0.15, -0.1) is 0 Å². The molecule has 1 aromatic carbocycles. The van der Waals surface area contributed by atoms with Crippen LogP contribution in [0.3, 0.4) is 0 Å². The molecule has 0 saturated heterocycles. The Morgan fingerprint density at radius 2 is 2.17 bits per heavy atom. The number of halogens is 2. The van der Waals surface area contributed by atoms with Gasteiger partial charge in [-0.05, 0) is 47.8 Å². The molecule has 0 aromatic heterocycles. The molecule has 1 fully saturated rings. The lowest BCUT2D eigenvalue weighted by molar-refractivity contribution is 0.209. The van der Waals surface area contributed by atoms with E-state index in [-0.39, 0.29) is 11.9 Å². The van der Waals surface area contributed by atoms with E-state index in [1.54, 1.807) is 6.07 Å². The van der Waals surface area contributed by atoms with Gasteiger partial charge < -0.3 is 10.1 Å². The normalized spacial score (nSPS) is 17.9. The quantitative estimate of drug-likeness (QED) is 0.890. The first-order valence-corrected chi connectivity index (χ1v) is 7.29. The second kappa shape index (κ2) is 6.53. The summed E-state index contributed by atoms with van der Waals surface area (Å²) in [6, 6.07) is 5.13. The third-order valence-corrected chi connectivity index (χ3v) is 3.93. The van der Waals surface area contributed by atoms with Crippen LogP contribution < -0.4 is 10.1 Å². The molecule has 1 unspecified atom stereocenters. The molecule has 4 heteroatoms. The van der Waals surface area contributed by atoms with Crippen molar-refractivity contribution in [2.75, 3.05) is 6.54 Å². The van der Waals surface area contributed by atoms with Crippen LogP contribution in [0.4, 0.5) is 4.39 Å². The molecule has 0 spiro atoms. The zero-order valence-electron chi connectivity index (χ0n) is 10.6. The monoisotopic (exact) mass is 315 g/mol. The Balaban J connectivity index is 1.82. The third-order valence-electron chi connectivity index (χ3n) is 3.27. The van der Waals surface area contributed by atoms with E-state index in [2.05, 4.69) is 21.2 Å². The van der Waals surface area contributed by atoms with E-state index in [0.717, 1.165) is 11.0 Å². The minimum Gasteiger partial charge on any atom is -0.488 e. The maximum absolute atomic E-state index is 13.1. The molecule has 0 radical (unpaired) electrons. The molecule has 0 heterocycles. The van der Waals surface area contributed by atoms with Gasteiger partial charge in [-0.3, -0.25) is 0 Å². The fourth-order valence-corrected chi connectivity index (χ4v) is 2.63.